The van der Waals surface area contributed by atoms with Crippen molar-refractivity contribution in [3.63, 3.8) is 0 Å². The summed E-state index contributed by atoms with van der Waals surface area (Å²) in [7, 11) is 0. The Labute approximate surface area is 141 Å². The quantitative estimate of drug-likeness (QED) is 0.871. The molecule has 1 amide bonds. The van der Waals surface area contributed by atoms with Gasteiger partial charge in [0.15, 0.2) is 0 Å². The number of alkyl carbamates (subject to hydrolysis) is 1. The van der Waals surface area contributed by atoms with Crippen LogP contribution >= 0.6 is 0 Å². The van der Waals surface area contributed by atoms with Crippen molar-refractivity contribution in [3.05, 3.63) is 48.0 Å². The van der Waals surface area contributed by atoms with Crippen molar-refractivity contribution in [1.29, 1.82) is 0 Å². The summed E-state index contributed by atoms with van der Waals surface area (Å²) < 4.78 is 5.20. The van der Waals surface area contributed by atoms with Gasteiger partial charge in [0, 0.05) is 12.5 Å². The zero-order valence-corrected chi connectivity index (χ0v) is 14.2. The molecule has 0 bridgehead atoms. The summed E-state index contributed by atoms with van der Waals surface area (Å²) in [6.07, 6.45) is -0.604. The molecule has 24 heavy (non-hydrogen) atoms. The second-order valence-electron chi connectivity index (χ2n) is 6.78. The number of benzene rings is 2. The molecular formula is C19H23NO4. The third kappa shape index (κ3) is 5.26. The van der Waals surface area contributed by atoms with Crippen molar-refractivity contribution in [3.8, 4) is 0 Å². The highest BCUT2D eigenvalue weighted by Gasteiger charge is 2.20. The summed E-state index contributed by atoms with van der Waals surface area (Å²) in [4.78, 5) is 23.0. The van der Waals surface area contributed by atoms with Crippen LogP contribution in [0.3, 0.4) is 0 Å². The van der Waals surface area contributed by atoms with Gasteiger partial charge in [0.1, 0.15) is 5.60 Å². The van der Waals surface area contributed by atoms with E-state index in [4.69, 9.17) is 9.84 Å². The Kier molecular flexibility index (Phi) is 5.44. The first-order valence-corrected chi connectivity index (χ1v) is 7.92. The lowest BCUT2D eigenvalue weighted by atomic mass is 9.93. The Bertz CT molecular complexity index is 733. The fraction of sp³-hybridized carbons (Fsp3) is 0.368. The lowest BCUT2D eigenvalue weighted by molar-refractivity contribution is -0.137. The van der Waals surface area contributed by atoms with Crippen LogP contribution in [0, 0.1) is 0 Å². The summed E-state index contributed by atoms with van der Waals surface area (Å²) in [5, 5.41) is 14.0. The SMILES string of the molecule is CC(C)(C)OC(=O)NC[C@H](CC(=O)O)c1ccc2ccccc2c1. The molecule has 0 aliphatic heterocycles. The minimum atomic E-state index is -0.904. The van der Waals surface area contributed by atoms with Crippen molar-refractivity contribution in [2.75, 3.05) is 6.54 Å². The third-order valence-electron chi connectivity index (χ3n) is 3.56. The zero-order chi connectivity index (χ0) is 17.7. The maximum atomic E-state index is 11.8. The largest absolute Gasteiger partial charge is 0.481 e. The summed E-state index contributed by atoms with van der Waals surface area (Å²) in [6, 6.07) is 13.7. The number of hydrogen-bond acceptors (Lipinski definition) is 3. The minimum Gasteiger partial charge on any atom is -0.481 e. The molecule has 0 unspecified atom stereocenters. The van der Waals surface area contributed by atoms with Crippen LogP contribution < -0.4 is 5.32 Å². The fourth-order valence-corrected chi connectivity index (χ4v) is 2.50. The lowest BCUT2D eigenvalue weighted by Gasteiger charge is -2.22. The van der Waals surface area contributed by atoms with Crippen LogP contribution in [-0.2, 0) is 9.53 Å². The van der Waals surface area contributed by atoms with E-state index in [1.807, 2.05) is 42.5 Å². The maximum Gasteiger partial charge on any atom is 0.407 e. The lowest BCUT2D eigenvalue weighted by Crippen LogP contribution is -2.35. The molecule has 0 aliphatic rings. The monoisotopic (exact) mass is 329 g/mol. The predicted molar refractivity (Wildman–Crippen MR) is 93.2 cm³/mol. The summed E-state index contributed by atoms with van der Waals surface area (Å²) >= 11 is 0. The first kappa shape index (κ1) is 17.8. The van der Waals surface area contributed by atoms with Crippen LogP contribution in [0.25, 0.3) is 10.8 Å². The van der Waals surface area contributed by atoms with E-state index in [2.05, 4.69) is 5.32 Å². The molecule has 0 fully saturated rings. The van der Waals surface area contributed by atoms with Crippen LogP contribution in [-0.4, -0.2) is 29.3 Å². The maximum absolute atomic E-state index is 11.8. The highest BCUT2D eigenvalue weighted by molar-refractivity contribution is 5.83. The number of nitrogens with one attached hydrogen (secondary N) is 1. The molecule has 128 valence electrons. The number of hydrogen-bond donors (Lipinski definition) is 2. The standard InChI is InChI=1S/C19H23NO4/c1-19(2,3)24-18(23)20-12-16(11-17(21)22)15-9-8-13-6-4-5-7-14(13)10-15/h4-10,16H,11-12H2,1-3H3,(H,20,23)(H,21,22)/t16-/m0/s1. The molecule has 0 aliphatic carbocycles. The molecule has 1 atom stereocenters. The van der Waals surface area contributed by atoms with Crippen LogP contribution in [0.1, 0.15) is 38.7 Å². The van der Waals surface area contributed by atoms with Gasteiger partial charge in [0.05, 0.1) is 6.42 Å². The van der Waals surface area contributed by atoms with Crippen molar-refractivity contribution in [2.45, 2.75) is 38.7 Å². The van der Waals surface area contributed by atoms with Crippen molar-refractivity contribution in [1.82, 2.24) is 5.32 Å². The van der Waals surface area contributed by atoms with Crippen molar-refractivity contribution in [2.24, 2.45) is 0 Å². The highest BCUT2D eigenvalue weighted by Crippen LogP contribution is 2.24. The van der Waals surface area contributed by atoms with E-state index < -0.39 is 17.7 Å². The molecule has 2 aromatic carbocycles. The van der Waals surface area contributed by atoms with Gasteiger partial charge in [-0.25, -0.2) is 4.79 Å². The van der Waals surface area contributed by atoms with Gasteiger partial charge >= 0.3 is 12.1 Å². The number of carbonyl (C=O) groups excluding carboxylic acids is 1. The van der Waals surface area contributed by atoms with Gasteiger partial charge in [-0.3, -0.25) is 4.79 Å². The molecule has 0 heterocycles. The number of carboxylic acids is 1. The number of fused-ring (bicyclic) bond motifs is 1. The normalized spacial score (nSPS) is 12.6. The van der Waals surface area contributed by atoms with E-state index in [0.717, 1.165) is 16.3 Å². The third-order valence-corrected chi connectivity index (χ3v) is 3.56. The Balaban J connectivity index is 2.14. The smallest absolute Gasteiger partial charge is 0.407 e. The van der Waals surface area contributed by atoms with Gasteiger partial charge in [-0.2, -0.15) is 0 Å². The van der Waals surface area contributed by atoms with E-state index in [0.29, 0.717) is 0 Å². The molecule has 2 rings (SSSR count). The average Bonchev–Trinajstić information content (AvgIpc) is 2.49. The van der Waals surface area contributed by atoms with E-state index in [9.17, 15) is 9.59 Å². The molecule has 0 saturated carbocycles. The summed E-state index contributed by atoms with van der Waals surface area (Å²) in [5.41, 5.74) is 0.294. The summed E-state index contributed by atoms with van der Waals surface area (Å²) in [5.74, 6) is -1.22. The molecule has 0 aromatic heterocycles. The fourth-order valence-electron chi connectivity index (χ4n) is 2.50. The number of carbonyl (C=O) groups is 2. The molecule has 2 N–H and O–H groups in total. The first-order chi connectivity index (χ1) is 11.2. The number of rotatable bonds is 5. The number of amides is 1. The van der Waals surface area contributed by atoms with Crippen LogP contribution in [0.4, 0.5) is 4.79 Å². The van der Waals surface area contributed by atoms with Crippen molar-refractivity contribution >= 4 is 22.8 Å². The second-order valence-corrected chi connectivity index (χ2v) is 6.78. The highest BCUT2D eigenvalue weighted by atomic mass is 16.6. The minimum absolute atomic E-state index is 0.0614. The van der Waals surface area contributed by atoms with Gasteiger partial charge in [-0.15, -0.1) is 0 Å². The molecule has 5 nitrogen and oxygen atoms in total. The summed E-state index contributed by atoms with van der Waals surface area (Å²) in [6.45, 7) is 5.56. The molecule has 0 spiro atoms. The molecular weight excluding hydrogens is 306 g/mol. The topological polar surface area (TPSA) is 75.6 Å². The van der Waals surface area contributed by atoms with Crippen LogP contribution in [0.2, 0.25) is 0 Å². The van der Waals surface area contributed by atoms with Gasteiger partial charge in [0.25, 0.3) is 0 Å². The molecule has 0 radical (unpaired) electrons. The van der Waals surface area contributed by atoms with Crippen LogP contribution in [0.5, 0.6) is 0 Å². The zero-order valence-electron chi connectivity index (χ0n) is 14.2. The Morgan fingerprint density at radius 2 is 1.79 bits per heavy atom. The van der Waals surface area contributed by atoms with Gasteiger partial charge in [-0.1, -0.05) is 42.5 Å². The second kappa shape index (κ2) is 7.34. The average molecular weight is 329 g/mol. The van der Waals surface area contributed by atoms with E-state index >= 15 is 0 Å². The van der Waals surface area contributed by atoms with E-state index in [1.54, 1.807) is 20.8 Å². The Morgan fingerprint density at radius 1 is 1.12 bits per heavy atom. The predicted octanol–water partition coefficient (Wildman–Crippen LogP) is 3.92. The number of aliphatic carboxylic acids is 1. The van der Waals surface area contributed by atoms with Crippen LogP contribution in [0.15, 0.2) is 42.5 Å². The Morgan fingerprint density at radius 3 is 2.42 bits per heavy atom. The van der Waals surface area contributed by atoms with Gasteiger partial charge < -0.3 is 15.2 Å². The van der Waals surface area contributed by atoms with E-state index in [-0.39, 0.29) is 18.9 Å². The number of ether oxygens (including phenoxy) is 1. The first-order valence-electron chi connectivity index (χ1n) is 7.92. The van der Waals surface area contributed by atoms with Crippen molar-refractivity contribution < 1.29 is 19.4 Å². The molecule has 2 aromatic rings. The molecule has 5 heteroatoms. The van der Waals surface area contributed by atoms with E-state index in [1.165, 1.54) is 0 Å². The van der Waals surface area contributed by atoms with Gasteiger partial charge in [-0.05, 0) is 37.1 Å². The molecule has 0 saturated heterocycles. The van der Waals surface area contributed by atoms with Gasteiger partial charge in [0.2, 0.25) is 0 Å². The number of carboxylic acid groups (broad SMARTS) is 1. The Hall–Kier alpha value is -2.56.